The highest BCUT2D eigenvalue weighted by Crippen LogP contribution is 2.42. The molecule has 0 saturated carbocycles. The van der Waals surface area contributed by atoms with Crippen molar-refractivity contribution in [1.29, 1.82) is 0 Å². The molecule has 137 heavy (non-hydrogen) atoms. The first kappa shape index (κ1) is 88.7. The van der Waals surface area contributed by atoms with Crippen LogP contribution < -0.4 is 24.5 Å². The average molecular weight is 1870 g/mol. The van der Waals surface area contributed by atoms with Gasteiger partial charge in [0.25, 0.3) is 0 Å². The topological polar surface area (TPSA) is 405 Å². The Kier molecular flexibility index (Phi) is 24.5. The molecular weight excluding hydrogens is 1760 g/mol. The van der Waals surface area contributed by atoms with E-state index < -0.39 is 17.3 Å². The number of aromatic amines is 1. The van der Waals surface area contributed by atoms with E-state index in [1.54, 1.807) is 24.8 Å². The Morgan fingerprint density at radius 3 is 1.18 bits per heavy atom. The van der Waals surface area contributed by atoms with Gasteiger partial charge in [-0.1, -0.05) is 0 Å². The zero-order valence-corrected chi connectivity index (χ0v) is 77.3. The molecule has 16 aromatic rings. The lowest BCUT2D eigenvalue weighted by Gasteiger charge is -2.30. The third kappa shape index (κ3) is 18.0. The number of rotatable bonds is 10. The summed E-state index contributed by atoms with van der Waals surface area (Å²) in [6.45, 7) is 31.3. The summed E-state index contributed by atoms with van der Waals surface area (Å²) in [5.41, 5.74) is 12.5. The number of alkyl halides is 3. The highest BCUT2D eigenvalue weighted by atomic mass is 19.4. The Morgan fingerprint density at radius 2 is 0.708 bits per heavy atom. The minimum Gasteiger partial charge on any atom is -0.378 e. The second-order valence-electron chi connectivity index (χ2n) is 35.7. The van der Waals surface area contributed by atoms with Gasteiger partial charge in [-0.2, -0.15) is 13.2 Å². The molecule has 10 aliphatic rings. The molecule has 26 rings (SSSR count). The van der Waals surface area contributed by atoms with E-state index in [-0.39, 0.29) is 17.1 Å². The van der Waals surface area contributed by atoms with Gasteiger partial charge in [-0.3, -0.25) is 9.97 Å². The number of halogens is 3. The lowest BCUT2D eigenvalue weighted by Crippen LogP contribution is -2.37. The van der Waals surface area contributed by atoms with Crippen LogP contribution in [0.2, 0.25) is 0 Å². The molecule has 0 bridgehead atoms. The van der Waals surface area contributed by atoms with Crippen LogP contribution in [0.25, 0.3) is 124 Å². The zero-order valence-electron chi connectivity index (χ0n) is 77.3. The van der Waals surface area contributed by atoms with E-state index in [9.17, 15) is 13.2 Å². The zero-order chi connectivity index (χ0) is 93.0. The van der Waals surface area contributed by atoms with E-state index in [1.807, 2.05) is 67.0 Å². The summed E-state index contributed by atoms with van der Waals surface area (Å²) in [4.78, 5) is 117. The number of morpholine rings is 5. The molecule has 0 unspecified atom stereocenters. The molecule has 0 aliphatic carbocycles. The summed E-state index contributed by atoms with van der Waals surface area (Å²) in [6, 6.07) is 9.15. The third-order valence-corrected chi connectivity index (χ3v) is 26.1. The van der Waals surface area contributed by atoms with E-state index in [1.165, 1.54) is 38.8 Å². The molecule has 43 heteroatoms. The van der Waals surface area contributed by atoms with E-state index in [0.29, 0.717) is 133 Å². The van der Waals surface area contributed by atoms with Gasteiger partial charge in [0.2, 0.25) is 0 Å². The maximum Gasteiger partial charge on any atom is 0.417 e. The predicted octanol–water partition coefficient (Wildman–Crippen LogP) is 10.6. The molecular formula is C94H104F3N33O7. The molecule has 1 N–H and O–H groups in total. The fourth-order valence-electron chi connectivity index (χ4n) is 18.9. The van der Waals surface area contributed by atoms with Crippen molar-refractivity contribution in [3.05, 3.63) is 138 Å². The van der Waals surface area contributed by atoms with Crippen molar-refractivity contribution in [2.45, 2.75) is 144 Å². The smallest absolute Gasteiger partial charge is 0.378 e. The third-order valence-electron chi connectivity index (χ3n) is 26.1. The molecule has 0 radical (unpaired) electrons. The minimum absolute atomic E-state index is 0.0157. The van der Waals surface area contributed by atoms with Gasteiger partial charge in [0.05, 0.1) is 96.0 Å². The summed E-state index contributed by atoms with van der Waals surface area (Å²) < 4.78 is 91.0. The Labute approximate surface area is 783 Å². The molecule has 0 atom stereocenters. The maximum atomic E-state index is 13.8. The first-order valence-corrected chi connectivity index (χ1v) is 47.1. The Morgan fingerprint density at radius 1 is 0.328 bits per heavy atom. The van der Waals surface area contributed by atoms with Gasteiger partial charge in [0, 0.05) is 200 Å². The van der Waals surface area contributed by atoms with Crippen molar-refractivity contribution in [2.75, 3.05) is 169 Å². The molecule has 40 nitrogen and oxygen atoms in total. The SMILES string of the molecule is CC1(C)OCCn2c1nc1c(N3CCOCC3)nc(-c3cnc4[nH]ccc4c3)nc12.Cc1cc(C(F)(F)F)c(-c2nc(N3CCOCC3)c3nc4n(c3n2)CCOC4)cn1.Cc1ccc(-c2nc(N3CCOCC3)c3nc4n(c3n2)CCCC4)cn1.Cc1ncc(-c2nc(N3CCOCC3)c3nc4n(c3n2)CCC4)cn1.Cc1ncc(-c2nc(N3CCOCC3)c3nc4n(c3n2)CCCC4)cn1. The van der Waals surface area contributed by atoms with E-state index in [0.717, 1.165) is 271 Å². The second-order valence-corrected chi connectivity index (χ2v) is 35.7. The van der Waals surface area contributed by atoms with Gasteiger partial charge < -0.3 is 85.5 Å². The van der Waals surface area contributed by atoms with Crippen molar-refractivity contribution in [3.8, 4) is 56.9 Å². The lowest BCUT2D eigenvalue weighted by molar-refractivity contribution is -0.137. The molecule has 0 spiro atoms. The Hall–Kier alpha value is -13.6. The number of imidazole rings is 5. The Balaban J connectivity index is 0.0000000992. The van der Waals surface area contributed by atoms with E-state index >= 15 is 0 Å². The van der Waals surface area contributed by atoms with Crippen LogP contribution in [0.4, 0.5) is 42.3 Å². The number of H-pyrrole nitrogens is 1. The fourth-order valence-corrected chi connectivity index (χ4v) is 18.9. The average Bonchev–Trinajstić information content (AvgIpc) is 1.61. The van der Waals surface area contributed by atoms with Crippen LogP contribution in [0, 0.1) is 27.7 Å². The van der Waals surface area contributed by atoms with Crippen LogP contribution in [0.1, 0.15) is 104 Å². The molecule has 708 valence electrons. The van der Waals surface area contributed by atoms with Crippen molar-refractivity contribution < 1.29 is 46.3 Å². The number of nitrogens with one attached hydrogen (secondary N) is 1. The van der Waals surface area contributed by atoms with Crippen molar-refractivity contribution >= 4 is 95.9 Å². The maximum absolute atomic E-state index is 13.8. The van der Waals surface area contributed by atoms with Crippen molar-refractivity contribution in [3.63, 3.8) is 0 Å². The van der Waals surface area contributed by atoms with Crippen LogP contribution in [0.3, 0.4) is 0 Å². The van der Waals surface area contributed by atoms with E-state index in [4.69, 9.17) is 93.0 Å². The van der Waals surface area contributed by atoms with Gasteiger partial charge in [0.15, 0.2) is 114 Å². The minimum atomic E-state index is -4.55. The molecule has 10 aliphatic heterocycles. The number of pyridine rings is 3. The number of aromatic nitrogens is 28. The number of aryl methyl sites for hydroxylation is 10. The standard InChI is InChI=1S/C21H23N7O2.C19H19F3N6O2.C19H22N6O.C18H21N7O.C17H19N7O/c1-21(2)20-24-15-18(27-5-8-29-9-6-27)25-17(26-19(15)28(20)7-10-30-21)14-11-13-3-4-22-16(13)23-12-14;1-11-8-13(19(20,21)22)12(9-23-11)16-25-17(27-2-5-29-6-3-27)15-18(26-16)28-4-7-30-10-14(28)24-15;1-13-5-6-14(12-20-13)17-22-18(24-8-10-26-11-9-24)16-19(23-17)25-7-3-2-4-15(25)21-16;1-12-19-10-13(11-20-12)16-22-17(24-6-8-26-9-7-24)15-18(23-16)25-5-3-2-4-14(25)21-15;1-11-18-9-12(10-19-11)15-21-16(23-5-7-25-8-6-23)14-17(22-15)24-4-2-3-13(24)20-14/h3-4,11-12H,5-10H2,1-2H3,(H,22,23);8-9H,2-7,10H2,1H3;5-6,12H,2-4,7-11H2,1H3;10-11H,2-9H2,1H3;9-10H,2-8H2,1H3. The monoisotopic (exact) mass is 1860 g/mol. The number of hydrogen-bond acceptors (Lipinski definition) is 34. The number of hydrogen-bond donors (Lipinski definition) is 1. The van der Waals surface area contributed by atoms with Crippen LogP contribution in [0.15, 0.2) is 79.9 Å². The largest absolute Gasteiger partial charge is 0.417 e. The molecule has 5 fully saturated rings. The molecule has 26 heterocycles. The second kappa shape index (κ2) is 37.8. The molecule has 0 aromatic carbocycles. The molecule has 0 amide bonds. The first-order chi connectivity index (χ1) is 66.9. The van der Waals surface area contributed by atoms with Crippen molar-refractivity contribution in [2.24, 2.45) is 0 Å². The first-order valence-electron chi connectivity index (χ1n) is 47.1. The number of anilines is 5. The van der Waals surface area contributed by atoms with Gasteiger partial charge in [-0.15, -0.1) is 0 Å². The normalized spacial score (nSPS) is 17.7. The molecule has 16 aromatic heterocycles. The van der Waals surface area contributed by atoms with Gasteiger partial charge >= 0.3 is 6.18 Å². The summed E-state index contributed by atoms with van der Waals surface area (Å²) in [6.07, 6.45) is 18.2. The fraction of sp³-hybridized carbons (Fsp3) is 0.468. The number of ether oxygens (including phenoxy) is 7. The Bertz CT molecular complexity index is 6980. The summed E-state index contributed by atoms with van der Waals surface area (Å²) >= 11 is 0. The summed E-state index contributed by atoms with van der Waals surface area (Å²) in [5.74, 6) is 13.2. The van der Waals surface area contributed by atoms with Crippen LogP contribution in [0.5, 0.6) is 0 Å². The van der Waals surface area contributed by atoms with Crippen molar-refractivity contribution in [1.82, 2.24) is 137 Å². The van der Waals surface area contributed by atoms with E-state index in [2.05, 4.69) is 113 Å². The van der Waals surface area contributed by atoms with Gasteiger partial charge in [-0.25, -0.2) is 99.7 Å². The van der Waals surface area contributed by atoms with Crippen LogP contribution in [-0.2, 0) is 104 Å². The van der Waals surface area contributed by atoms with Crippen LogP contribution in [-0.4, -0.2) is 282 Å². The number of fused-ring (bicyclic) bond motifs is 16. The predicted molar refractivity (Wildman–Crippen MR) is 502 cm³/mol. The summed E-state index contributed by atoms with van der Waals surface area (Å²) in [5, 5.41) is 1.04. The van der Waals surface area contributed by atoms with Gasteiger partial charge in [-0.05, 0) is 104 Å². The van der Waals surface area contributed by atoms with Crippen LogP contribution >= 0.6 is 0 Å². The van der Waals surface area contributed by atoms with Gasteiger partial charge in [0.1, 0.15) is 58.6 Å². The highest BCUT2D eigenvalue weighted by molar-refractivity contribution is 5.92. The highest BCUT2D eigenvalue weighted by Gasteiger charge is 2.39. The quantitative estimate of drug-likeness (QED) is 0.133. The molecule has 5 saturated heterocycles. The summed E-state index contributed by atoms with van der Waals surface area (Å²) in [7, 11) is 0. The lowest BCUT2D eigenvalue weighted by atomic mass is 10.1. The number of nitrogens with zero attached hydrogens (tertiary/aromatic N) is 32.